The first kappa shape index (κ1) is 47.7. The Balaban J connectivity index is 0.000000526. The summed E-state index contributed by atoms with van der Waals surface area (Å²) in [5.74, 6) is 5.34. The molecule has 0 saturated heterocycles. The molecule has 52 heavy (non-hydrogen) atoms. The third-order valence-corrected chi connectivity index (χ3v) is 11.1. The van der Waals surface area contributed by atoms with Crippen LogP contribution in [0.25, 0.3) is 0 Å². The van der Waals surface area contributed by atoms with Gasteiger partial charge in [-0.25, -0.2) is 19.2 Å². The van der Waals surface area contributed by atoms with Gasteiger partial charge in [0.1, 0.15) is 0 Å². The van der Waals surface area contributed by atoms with E-state index < -0.39 is 0 Å². The molecular weight excluding hydrogens is 737 g/mol. The van der Waals surface area contributed by atoms with Gasteiger partial charge in [-0.05, 0) is 123 Å². The number of hydrogen-bond acceptors (Lipinski definition) is 12. The fourth-order valence-corrected chi connectivity index (χ4v) is 7.33. The van der Waals surface area contributed by atoms with Crippen LogP contribution < -0.4 is 0 Å². The van der Waals surface area contributed by atoms with Crippen LogP contribution in [0.2, 0.25) is 0 Å². The average molecular weight is 797 g/mol. The monoisotopic (exact) mass is 796 g/mol. The van der Waals surface area contributed by atoms with Crippen molar-refractivity contribution in [1.82, 2.24) is 0 Å². The molecule has 0 aliphatic heterocycles. The molecule has 2 aromatic carbocycles. The second-order valence-corrected chi connectivity index (χ2v) is 16.2. The first-order valence-corrected chi connectivity index (χ1v) is 23.5. The van der Waals surface area contributed by atoms with Crippen LogP contribution in [0.1, 0.15) is 119 Å². The van der Waals surface area contributed by atoms with Crippen molar-refractivity contribution in [3.05, 3.63) is 70.8 Å². The number of esters is 4. The first-order valence-electron chi connectivity index (χ1n) is 18.4. The summed E-state index contributed by atoms with van der Waals surface area (Å²) < 4.78 is 20.8. The van der Waals surface area contributed by atoms with E-state index in [-0.39, 0.29) is 23.9 Å². The van der Waals surface area contributed by atoms with Crippen LogP contribution in [0.5, 0.6) is 0 Å². The fourth-order valence-electron chi connectivity index (χ4n) is 4.24. The van der Waals surface area contributed by atoms with Crippen LogP contribution in [-0.4, -0.2) is 97.3 Å². The summed E-state index contributed by atoms with van der Waals surface area (Å²) in [4.78, 5) is 47.6. The van der Waals surface area contributed by atoms with E-state index in [1.807, 2.05) is 60.9 Å². The topological polar surface area (TPSA) is 105 Å². The molecule has 0 saturated carbocycles. The summed E-state index contributed by atoms with van der Waals surface area (Å²) in [6, 6.07) is 12.9. The minimum absolute atomic E-state index is 0.343. The second kappa shape index (κ2) is 33.3. The Bertz CT molecular complexity index is 1230. The molecule has 0 aliphatic rings. The highest BCUT2D eigenvalue weighted by molar-refractivity contribution is 8.02. The van der Waals surface area contributed by atoms with Crippen molar-refractivity contribution in [1.29, 1.82) is 0 Å². The van der Waals surface area contributed by atoms with Gasteiger partial charge in [-0.2, -0.15) is 47.0 Å². The zero-order valence-electron chi connectivity index (χ0n) is 31.7. The van der Waals surface area contributed by atoms with Crippen molar-refractivity contribution in [3.63, 3.8) is 0 Å². The van der Waals surface area contributed by atoms with E-state index in [9.17, 15) is 19.2 Å². The molecule has 0 radical (unpaired) electrons. The van der Waals surface area contributed by atoms with Gasteiger partial charge >= 0.3 is 23.9 Å². The normalized spacial score (nSPS) is 10.5. The van der Waals surface area contributed by atoms with Crippen molar-refractivity contribution in [2.24, 2.45) is 0 Å². The van der Waals surface area contributed by atoms with Crippen LogP contribution in [-0.2, 0) is 18.9 Å². The Hall–Kier alpha value is -2.28. The molecule has 0 N–H and O–H groups in total. The SMILES string of the molecule is CCCCOC(=O)c1ccc(C(=O)OCCCSCCCCCCSC)cc1.CCCCOC(=O)c1ccc(C(=O)OCCCSCCSC)cc1. The molecule has 0 fully saturated rings. The van der Waals surface area contributed by atoms with Gasteiger partial charge in [0.15, 0.2) is 0 Å². The fraction of sp³-hybridized carbons (Fsp3) is 0.600. The Morgan fingerprint density at radius 1 is 0.404 bits per heavy atom. The first-order chi connectivity index (χ1) is 25.4. The van der Waals surface area contributed by atoms with Crippen LogP contribution in [0.15, 0.2) is 48.5 Å². The maximum atomic E-state index is 12.1. The maximum Gasteiger partial charge on any atom is 0.338 e. The molecule has 0 aliphatic carbocycles. The van der Waals surface area contributed by atoms with Crippen LogP contribution in [0.4, 0.5) is 0 Å². The largest absolute Gasteiger partial charge is 0.462 e. The third kappa shape index (κ3) is 24.1. The number of rotatable bonds is 28. The highest BCUT2D eigenvalue weighted by Gasteiger charge is 2.12. The van der Waals surface area contributed by atoms with E-state index in [0.717, 1.165) is 61.5 Å². The number of benzene rings is 2. The molecule has 2 aromatic rings. The molecule has 12 heteroatoms. The second-order valence-electron chi connectivity index (χ2n) is 11.7. The summed E-state index contributed by atoms with van der Waals surface area (Å²) >= 11 is 7.56. The molecule has 0 spiro atoms. The highest BCUT2D eigenvalue weighted by Crippen LogP contribution is 2.13. The number of carbonyl (C=O) groups is 4. The van der Waals surface area contributed by atoms with Gasteiger partial charge in [-0.3, -0.25) is 0 Å². The number of carbonyl (C=O) groups excluding carboxylic acids is 4. The number of hydrogen-bond donors (Lipinski definition) is 0. The van der Waals surface area contributed by atoms with Gasteiger partial charge in [0.2, 0.25) is 0 Å². The third-order valence-electron chi connectivity index (χ3n) is 7.33. The highest BCUT2D eigenvalue weighted by atomic mass is 32.2. The molecule has 292 valence electrons. The summed E-state index contributed by atoms with van der Waals surface area (Å²) in [7, 11) is 0. The van der Waals surface area contributed by atoms with E-state index >= 15 is 0 Å². The lowest BCUT2D eigenvalue weighted by molar-refractivity contribution is 0.0487. The van der Waals surface area contributed by atoms with Crippen molar-refractivity contribution < 1.29 is 38.1 Å². The lowest BCUT2D eigenvalue weighted by Gasteiger charge is -2.07. The van der Waals surface area contributed by atoms with E-state index in [4.69, 9.17) is 18.9 Å². The molecular formula is C40H60O8S4. The predicted octanol–water partition coefficient (Wildman–Crippen LogP) is 10.1. The van der Waals surface area contributed by atoms with Gasteiger partial charge < -0.3 is 18.9 Å². The van der Waals surface area contributed by atoms with E-state index in [1.54, 1.807) is 48.5 Å². The summed E-state index contributed by atoms with van der Waals surface area (Å²) in [5.41, 5.74) is 1.82. The van der Waals surface area contributed by atoms with Crippen LogP contribution >= 0.6 is 47.0 Å². The van der Waals surface area contributed by atoms with E-state index in [1.165, 1.54) is 37.2 Å². The maximum absolute atomic E-state index is 12.1. The summed E-state index contributed by atoms with van der Waals surface area (Å²) in [6.07, 6.45) is 14.9. The van der Waals surface area contributed by atoms with Gasteiger partial charge in [-0.15, -0.1) is 0 Å². The van der Waals surface area contributed by atoms with Crippen molar-refractivity contribution >= 4 is 70.9 Å². The minimum atomic E-state index is -0.356. The molecule has 0 heterocycles. The standard InChI is InChI=1S/C22H34O4S2.C18H26O4S2/c1-3-4-14-25-21(23)19-10-12-20(13-11-19)22(24)26-15-9-18-28-17-8-6-5-7-16-27-2;1-3-4-10-21-17(19)15-6-8-16(9-7-15)18(20)22-11-5-12-24-14-13-23-2/h10-13H,3-9,14-18H2,1-2H3;6-9H,3-5,10-14H2,1-2H3. The van der Waals surface area contributed by atoms with Crippen molar-refractivity contribution in [2.45, 2.75) is 78.1 Å². The molecule has 0 amide bonds. The van der Waals surface area contributed by atoms with Gasteiger partial charge in [-0.1, -0.05) is 39.5 Å². The molecule has 0 aromatic heterocycles. The number of unbranched alkanes of at least 4 members (excludes halogenated alkanes) is 5. The lowest BCUT2D eigenvalue weighted by atomic mass is 10.1. The van der Waals surface area contributed by atoms with E-state index in [2.05, 4.69) is 12.5 Å². The van der Waals surface area contributed by atoms with Gasteiger partial charge in [0, 0.05) is 11.5 Å². The molecule has 0 unspecified atom stereocenters. The summed E-state index contributed by atoms with van der Waals surface area (Å²) in [6.45, 7) is 5.79. The molecule has 8 nitrogen and oxygen atoms in total. The zero-order chi connectivity index (χ0) is 38.1. The molecule has 0 bridgehead atoms. The Morgan fingerprint density at radius 2 is 0.712 bits per heavy atom. The van der Waals surface area contributed by atoms with Crippen molar-refractivity contribution in [3.8, 4) is 0 Å². The van der Waals surface area contributed by atoms with E-state index in [0.29, 0.717) is 48.7 Å². The number of ether oxygens (including phenoxy) is 4. The van der Waals surface area contributed by atoms with Crippen LogP contribution in [0.3, 0.4) is 0 Å². The average Bonchev–Trinajstić information content (AvgIpc) is 3.17. The molecule has 0 atom stereocenters. The van der Waals surface area contributed by atoms with Crippen LogP contribution in [0, 0.1) is 0 Å². The zero-order valence-corrected chi connectivity index (χ0v) is 34.9. The Labute approximate surface area is 329 Å². The molecule has 2 rings (SSSR count). The van der Waals surface area contributed by atoms with Gasteiger partial charge in [0.05, 0.1) is 48.7 Å². The van der Waals surface area contributed by atoms with Gasteiger partial charge in [0.25, 0.3) is 0 Å². The minimum Gasteiger partial charge on any atom is -0.462 e. The Morgan fingerprint density at radius 3 is 1.06 bits per heavy atom. The predicted molar refractivity (Wildman–Crippen MR) is 223 cm³/mol. The lowest BCUT2D eigenvalue weighted by Crippen LogP contribution is -2.09. The Kier molecular flexibility index (Phi) is 30.6. The number of thioether (sulfide) groups is 4. The quantitative estimate of drug-likeness (QED) is 0.0465. The summed E-state index contributed by atoms with van der Waals surface area (Å²) in [5, 5.41) is 0. The van der Waals surface area contributed by atoms with Crippen molar-refractivity contribution in [2.75, 3.05) is 73.5 Å². The smallest absolute Gasteiger partial charge is 0.338 e.